The van der Waals surface area contributed by atoms with Gasteiger partial charge in [0.25, 0.3) is 5.82 Å². The van der Waals surface area contributed by atoms with Gasteiger partial charge in [-0.2, -0.15) is 22.8 Å². The Morgan fingerprint density at radius 2 is 2.00 bits per heavy atom. The lowest BCUT2D eigenvalue weighted by atomic mass is 10.1. The molecule has 1 heterocycles. The molecule has 0 unspecified atom stereocenters. The van der Waals surface area contributed by atoms with Crippen LogP contribution in [0.1, 0.15) is 21.7 Å². The SMILES string of the molecule is Cc1cc(F)c(-n2nc(C(F)(F)F)nc2N)cc1C(=O)O. The van der Waals surface area contributed by atoms with Crippen molar-refractivity contribution < 1.29 is 27.5 Å². The fourth-order valence-electron chi connectivity index (χ4n) is 1.68. The molecule has 0 amide bonds. The summed E-state index contributed by atoms with van der Waals surface area (Å²) in [4.78, 5) is 14.0. The minimum absolute atomic E-state index is 0.110. The van der Waals surface area contributed by atoms with E-state index in [1.54, 1.807) is 0 Å². The Morgan fingerprint density at radius 1 is 1.38 bits per heavy atom. The van der Waals surface area contributed by atoms with Gasteiger partial charge in [0.2, 0.25) is 5.95 Å². The number of aromatic carboxylic acids is 1. The van der Waals surface area contributed by atoms with Crippen LogP contribution < -0.4 is 5.73 Å². The number of aryl methyl sites for hydroxylation is 1. The Balaban J connectivity index is 2.65. The maximum Gasteiger partial charge on any atom is 0.453 e. The summed E-state index contributed by atoms with van der Waals surface area (Å²) in [7, 11) is 0. The predicted molar refractivity (Wildman–Crippen MR) is 62.4 cm³/mol. The van der Waals surface area contributed by atoms with Crippen LogP contribution in [0.2, 0.25) is 0 Å². The van der Waals surface area contributed by atoms with Crippen LogP contribution in [-0.2, 0) is 6.18 Å². The van der Waals surface area contributed by atoms with Crippen LogP contribution in [0.3, 0.4) is 0 Å². The highest BCUT2D eigenvalue weighted by Crippen LogP contribution is 2.28. The molecule has 21 heavy (non-hydrogen) atoms. The zero-order chi connectivity index (χ0) is 15.9. The summed E-state index contributed by atoms with van der Waals surface area (Å²) in [5.74, 6) is -4.58. The van der Waals surface area contributed by atoms with Crippen molar-refractivity contribution in [3.63, 3.8) is 0 Å². The molecular formula is C11H8F4N4O2. The summed E-state index contributed by atoms with van der Waals surface area (Å²) in [6, 6.07) is 1.71. The van der Waals surface area contributed by atoms with E-state index in [1.165, 1.54) is 6.92 Å². The van der Waals surface area contributed by atoms with Gasteiger partial charge in [0, 0.05) is 0 Å². The molecule has 0 aliphatic carbocycles. The van der Waals surface area contributed by atoms with Crippen molar-refractivity contribution in [2.75, 3.05) is 5.73 Å². The molecule has 0 fully saturated rings. The van der Waals surface area contributed by atoms with Gasteiger partial charge in [-0.25, -0.2) is 9.18 Å². The quantitative estimate of drug-likeness (QED) is 0.828. The smallest absolute Gasteiger partial charge is 0.453 e. The zero-order valence-electron chi connectivity index (χ0n) is 10.4. The fourth-order valence-corrected chi connectivity index (χ4v) is 1.68. The molecule has 112 valence electrons. The van der Waals surface area contributed by atoms with Crippen LogP contribution in [0.25, 0.3) is 5.69 Å². The monoisotopic (exact) mass is 304 g/mol. The Hall–Kier alpha value is -2.65. The first-order valence-corrected chi connectivity index (χ1v) is 5.45. The number of carbonyl (C=O) groups is 1. The minimum atomic E-state index is -4.85. The summed E-state index contributed by atoms with van der Waals surface area (Å²) < 4.78 is 51.7. The number of nitrogens with two attached hydrogens (primary N) is 1. The van der Waals surface area contributed by atoms with E-state index in [-0.39, 0.29) is 11.1 Å². The summed E-state index contributed by atoms with van der Waals surface area (Å²) in [6.45, 7) is 1.35. The van der Waals surface area contributed by atoms with Crippen molar-refractivity contribution in [2.45, 2.75) is 13.1 Å². The topological polar surface area (TPSA) is 94.0 Å². The van der Waals surface area contributed by atoms with E-state index in [0.29, 0.717) is 4.68 Å². The van der Waals surface area contributed by atoms with Crippen molar-refractivity contribution in [1.82, 2.24) is 14.8 Å². The third-order valence-corrected chi connectivity index (χ3v) is 2.64. The van der Waals surface area contributed by atoms with Gasteiger partial charge >= 0.3 is 12.1 Å². The molecular weight excluding hydrogens is 296 g/mol. The van der Waals surface area contributed by atoms with Gasteiger partial charge in [-0.1, -0.05) is 0 Å². The Bertz CT molecular complexity index is 724. The summed E-state index contributed by atoms with van der Waals surface area (Å²) in [5, 5.41) is 12.0. The van der Waals surface area contributed by atoms with E-state index in [0.717, 1.165) is 12.1 Å². The first kappa shape index (κ1) is 14.8. The van der Waals surface area contributed by atoms with Crippen LogP contribution in [0.4, 0.5) is 23.5 Å². The second kappa shape index (κ2) is 4.72. The second-order valence-electron chi connectivity index (χ2n) is 4.13. The fraction of sp³-hybridized carbons (Fsp3) is 0.182. The molecule has 0 atom stereocenters. The largest absolute Gasteiger partial charge is 0.478 e. The van der Waals surface area contributed by atoms with Crippen molar-refractivity contribution in [3.05, 3.63) is 34.9 Å². The Morgan fingerprint density at radius 3 is 2.48 bits per heavy atom. The van der Waals surface area contributed by atoms with Gasteiger partial charge in [-0.3, -0.25) is 0 Å². The van der Waals surface area contributed by atoms with E-state index in [4.69, 9.17) is 10.8 Å². The number of nitrogens with zero attached hydrogens (tertiary/aromatic N) is 3. The molecule has 0 radical (unpaired) electrons. The van der Waals surface area contributed by atoms with E-state index in [1.807, 2.05) is 0 Å². The number of aromatic nitrogens is 3. The van der Waals surface area contributed by atoms with Crippen molar-refractivity contribution in [2.24, 2.45) is 0 Å². The number of anilines is 1. The minimum Gasteiger partial charge on any atom is -0.478 e. The molecule has 1 aromatic heterocycles. The third kappa shape index (κ3) is 2.64. The third-order valence-electron chi connectivity index (χ3n) is 2.64. The molecule has 0 aliphatic heterocycles. The molecule has 1 aromatic carbocycles. The van der Waals surface area contributed by atoms with Crippen LogP contribution in [0, 0.1) is 12.7 Å². The molecule has 10 heteroatoms. The van der Waals surface area contributed by atoms with Crippen molar-refractivity contribution in [3.8, 4) is 5.69 Å². The number of carboxylic acid groups (broad SMARTS) is 1. The normalized spacial score (nSPS) is 11.7. The number of alkyl halides is 3. The van der Waals surface area contributed by atoms with Gasteiger partial charge in [-0.15, -0.1) is 5.10 Å². The molecule has 0 spiro atoms. The number of carboxylic acids is 1. The van der Waals surface area contributed by atoms with Gasteiger partial charge in [0.05, 0.1) is 5.56 Å². The van der Waals surface area contributed by atoms with Crippen LogP contribution in [0.15, 0.2) is 12.1 Å². The molecule has 6 nitrogen and oxygen atoms in total. The lowest BCUT2D eigenvalue weighted by Crippen LogP contribution is -2.10. The number of hydrogen-bond donors (Lipinski definition) is 2. The lowest BCUT2D eigenvalue weighted by Gasteiger charge is -2.08. The lowest BCUT2D eigenvalue weighted by molar-refractivity contribution is -0.144. The summed E-state index contributed by atoms with van der Waals surface area (Å²) in [6.07, 6.45) is -4.85. The number of nitrogen functional groups attached to an aromatic ring is 1. The highest BCUT2D eigenvalue weighted by Gasteiger charge is 2.37. The molecule has 0 saturated carbocycles. The molecule has 0 aliphatic rings. The van der Waals surface area contributed by atoms with Crippen molar-refractivity contribution >= 4 is 11.9 Å². The Kier molecular flexibility index (Phi) is 3.32. The van der Waals surface area contributed by atoms with Crippen LogP contribution in [0.5, 0.6) is 0 Å². The molecule has 2 aromatic rings. The summed E-state index contributed by atoms with van der Waals surface area (Å²) in [5.41, 5.74) is 4.58. The highest BCUT2D eigenvalue weighted by atomic mass is 19.4. The van der Waals surface area contributed by atoms with Gasteiger partial charge in [0.1, 0.15) is 11.5 Å². The molecule has 0 saturated heterocycles. The van der Waals surface area contributed by atoms with Gasteiger partial charge < -0.3 is 10.8 Å². The van der Waals surface area contributed by atoms with Gasteiger partial charge in [0.15, 0.2) is 0 Å². The molecule has 3 N–H and O–H groups in total. The van der Waals surface area contributed by atoms with Crippen LogP contribution >= 0.6 is 0 Å². The average Bonchev–Trinajstić information content (AvgIpc) is 2.70. The van der Waals surface area contributed by atoms with Gasteiger partial charge in [-0.05, 0) is 24.6 Å². The Labute approximate surface area is 114 Å². The van der Waals surface area contributed by atoms with E-state index < -0.39 is 35.4 Å². The zero-order valence-corrected chi connectivity index (χ0v) is 10.4. The standard InChI is InChI=1S/C11H8F4N4O2/c1-4-2-6(12)7(3-5(4)8(20)21)19-10(16)17-9(18-19)11(13,14)15/h2-3H,1H3,(H,20,21)(H2,16,17,18). The first-order valence-electron chi connectivity index (χ1n) is 5.45. The number of halogens is 4. The highest BCUT2D eigenvalue weighted by molar-refractivity contribution is 5.90. The molecule has 0 bridgehead atoms. The number of benzene rings is 1. The maximum atomic E-state index is 13.8. The van der Waals surface area contributed by atoms with Crippen LogP contribution in [-0.4, -0.2) is 25.8 Å². The van der Waals surface area contributed by atoms with Crippen molar-refractivity contribution in [1.29, 1.82) is 0 Å². The maximum absolute atomic E-state index is 13.8. The number of hydrogen-bond acceptors (Lipinski definition) is 4. The van der Waals surface area contributed by atoms with E-state index in [2.05, 4.69) is 10.1 Å². The average molecular weight is 304 g/mol. The first-order chi connectivity index (χ1) is 9.61. The summed E-state index contributed by atoms with van der Waals surface area (Å²) >= 11 is 0. The van der Waals surface area contributed by atoms with E-state index >= 15 is 0 Å². The predicted octanol–water partition coefficient (Wildman–Crippen LogP) is 2.01. The van der Waals surface area contributed by atoms with E-state index in [9.17, 15) is 22.4 Å². The number of rotatable bonds is 2. The second-order valence-corrected chi connectivity index (χ2v) is 4.13. The molecule has 2 rings (SSSR count).